The van der Waals surface area contributed by atoms with Crippen LogP contribution in [0, 0.1) is 5.92 Å². The van der Waals surface area contributed by atoms with Crippen LogP contribution in [0.15, 0.2) is 9.98 Å². The molecule has 1 atom stereocenters. The van der Waals surface area contributed by atoms with Crippen molar-refractivity contribution in [1.82, 2.24) is 0 Å². The van der Waals surface area contributed by atoms with E-state index < -0.39 is 5.54 Å². The highest BCUT2D eigenvalue weighted by Crippen LogP contribution is 2.26. The second-order valence-corrected chi connectivity index (χ2v) is 3.84. The monoisotopic (exact) mass is 198 g/mol. The molecule has 0 amide bonds. The Bertz CT molecular complexity index is 271. The highest BCUT2D eigenvalue weighted by Gasteiger charge is 2.38. The van der Waals surface area contributed by atoms with Crippen molar-refractivity contribution >= 4 is 11.8 Å². The Morgan fingerprint density at radius 1 is 1.29 bits per heavy atom. The minimum atomic E-state index is -0.391. The van der Waals surface area contributed by atoms with Crippen molar-refractivity contribution < 1.29 is 9.47 Å². The molecule has 0 aromatic carbocycles. The van der Waals surface area contributed by atoms with Crippen LogP contribution in [-0.2, 0) is 9.47 Å². The summed E-state index contributed by atoms with van der Waals surface area (Å²) in [5, 5.41) is 0. The molecule has 0 aromatic rings. The molecule has 80 valence electrons. The molecule has 1 heterocycles. The standard InChI is InChI=1S/C10H18N2O2/c1-7(2)10(3)9(14-5)11-6-8(12-10)13-4/h7H,6H2,1-5H3. The van der Waals surface area contributed by atoms with Crippen molar-refractivity contribution in [2.24, 2.45) is 15.9 Å². The van der Waals surface area contributed by atoms with Crippen LogP contribution in [0.25, 0.3) is 0 Å². The molecule has 1 aliphatic rings. The molecule has 4 nitrogen and oxygen atoms in total. The van der Waals surface area contributed by atoms with Crippen LogP contribution in [0.5, 0.6) is 0 Å². The van der Waals surface area contributed by atoms with E-state index in [2.05, 4.69) is 23.8 Å². The molecule has 0 saturated carbocycles. The summed E-state index contributed by atoms with van der Waals surface area (Å²) in [6, 6.07) is 0. The first-order valence-corrected chi connectivity index (χ1v) is 4.76. The molecule has 0 fully saturated rings. The molecule has 0 N–H and O–H groups in total. The fourth-order valence-corrected chi connectivity index (χ4v) is 1.40. The Balaban J connectivity index is 3.01. The first kappa shape index (κ1) is 11.0. The van der Waals surface area contributed by atoms with Gasteiger partial charge in [-0.2, -0.15) is 0 Å². The van der Waals surface area contributed by atoms with E-state index in [1.54, 1.807) is 14.2 Å². The van der Waals surface area contributed by atoms with Crippen molar-refractivity contribution in [3.63, 3.8) is 0 Å². The van der Waals surface area contributed by atoms with Crippen molar-refractivity contribution in [2.75, 3.05) is 20.8 Å². The average Bonchev–Trinajstić information content (AvgIpc) is 2.17. The molecule has 0 radical (unpaired) electrons. The Labute approximate surface area is 85.0 Å². The second-order valence-electron chi connectivity index (χ2n) is 3.84. The Hall–Kier alpha value is -1.06. The van der Waals surface area contributed by atoms with Crippen LogP contribution < -0.4 is 0 Å². The summed E-state index contributed by atoms with van der Waals surface area (Å²) in [5.74, 6) is 1.68. The zero-order valence-electron chi connectivity index (χ0n) is 9.50. The summed E-state index contributed by atoms with van der Waals surface area (Å²) < 4.78 is 10.4. The molecule has 0 aliphatic carbocycles. The number of methoxy groups -OCH3 is 2. The van der Waals surface area contributed by atoms with Gasteiger partial charge in [-0.05, 0) is 12.8 Å². The van der Waals surface area contributed by atoms with Gasteiger partial charge in [0.05, 0.1) is 14.2 Å². The number of aliphatic imine (C=N–C) groups is 2. The van der Waals surface area contributed by atoms with Crippen molar-refractivity contribution in [3.05, 3.63) is 0 Å². The van der Waals surface area contributed by atoms with Gasteiger partial charge in [0.25, 0.3) is 0 Å². The normalized spacial score (nSPS) is 27.0. The highest BCUT2D eigenvalue weighted by atomic mass is 16.5. The molecule has 1 aliphatic heterocycles. The minimum absolute atomic E-state index is 0.326. The third-order valence-electron chi connectivity index (χ3n) is 2.70. The zero-order valence-corrected chi connectivity index (χ0v) is 9.50. The lowest BCUT2D eigenvalue weighted by atomic mass is 9.88. The summed E-state index contributed by atoms with van der Waals surface area (Å²) >= 11 is 0. The summed E-state index contributed by atoms with van der Waals surface area (Å²) in [5.41, 5.74) is -0.391. The molecule has 0 aromatic heterocycles. The van der Waals surface area contributed by atoms with Crippen LogP contribution in [0.3, 0.4) is 0 Å². The highest BCUT2D eigenvalue weighted by molar-refractivity contribution is 5.94. The fourth-order valence-electron chi connectivity index (χ4n) is 1.40. The minimum Gasteiger partial charge on any atom is -0.483 e. The molecular formula is C10H18N2O2. The molecule has 0 bridgehead atoms. The molecule has 0 spiro atoms. The van der Waals surface area contributed by atoms with Gasteiger partial charge in [-0.3, -0.25) is 0 Å². The van der Waals surface area contributed by atoms with E-state index in [4.69, 9.17) is 9.47 Å². The van der Waals surface area contributed by atoms with E-state index in [0.717, 1.165) is 0 Å². The molecule has 1 unspecified atom stereocenters. The second kappa shape index (κ2) is 3.98. The maximum Gasteiger partial charge on any atom is 0.212 e. The molecule has 14 heavy (non-hydrogen) atoms. The summed E-state index contributed by atoms with van der Waals surface area (Å²) in [6.45, 7) is 6.67. The van der Waals surface area contributed by atoms with Gasteiger partial charge in [-0.25, -0.2) is 9.98 Å². The van der Waals surface area contributed by atoms with E-state index in [9.17, 15) is 0 Å². The van der Waals surface area contributed by atoms with Crippen LogP contribution in [0.4, 0.5) is 0 Å². The molecular weight excluding hydrogens is 180 g/mol. The Morgan fingerprint density at radius 2 is 1.93 bits per heavy atom. The summed E-state index contributed by atoms with van der Waals surface area (Å²) in [4.78, 5) is 8.84. The van der Waals surface area contributed by atoms with Crippen molar-refractivity contribution in [1.29, 1.82) is 0 Å². The Kier molecular flexibility index (Phi) is 3.13. The van der Waals surface area contributed by atoms with Gasteiger partial charge in [0.15, 0.2) is 0 Å². The summed E-state index contributed by atoms with van der Waals surface area (Å²) in [6.07, 6.45) is 0. The van der Waals surface area contributed by atoms with Gasteiger partial charge in [-0.1, -0.05) is 13.8 Å². The lowest BCUT2D eigenvalue weighted by Gasteiger charge is -2.32. The predicted octanol–water partition coefficient (Wildman–Crippen LogP) is 1.50. The van der Waals surface area contributed by atoms with E-state index in [1.807, 2.05) is 6.92 Å². The fraction of sp³-hybridized carbons (Fsp3) is 0.800. The topological polar surface area (TPSA) is 43.2 Å². The number of ether oxygens (including phenoxy) is 2. The third-order valence-corrected chi connectivity index (χ3v) is 2.70. The lowest BCUT2D eigenvalue weighted by molar-refractivity contribution is 0.299. The SMILES string of the molecule is COC1=NC(C)(C(C)C)C(OC)=NC1. The smallest absolute Gasteiger partial charge is 0.212 e. The van der Waals surface area contributed by atoms with Gasteiger partial charge in [0, 0.05) is 0 Å². The van der Waals surface area contributed by atoms with E-state index in [1.165, 1.54) is 0 Å². The number of nitrogens with zero attached hydrogens (tertiary/aromatic N) is 2. The average molecular weight is 198 g/mol. The van der Waals surface area contributed by atoms with Gasteiger partial charge in [0.1, 0.15) is 12.1 Å². The first-order chi connectivity index (χ1) is 6.54. The predicted molar refractivity (Wildman–Crippen MR) is 57.0 cm³/mol. The molecule has 0 saturated heterocycles. The van der Waals surface area contributed by atoms with Gasteiger partial charge < -0.3 is 9.47 Å². The maximum absolute atomic E-state index is 5.25. The number of hydrogen-bond donors (Lipinski definition) is 0. The van der Waals surface area contributed by atoms with Gasteiger partial charge in [-0.15, -0.1) is 0 Å². The van der Waals surface area contributed by atoms with Crippen LogP contribution >= 0.6 is 0 Å². The van der Waals surface area contributed by atoms with E-state index in [0.29, 0.717) is 24.3 Å². The summed E-state index contributed by atoms with van der Waals surface area (Å²) in [7, 11) is 3.25. The van der Waals surface area contributed by atoms with Crippen LogP contribution in [0.2, 0.25) is 0 Å². The van der Waals surface area contributed by atoms with Crippen LogP contribution in [-0.4, -0.2) is 38.1 Å². The van der Waals surface area contributed by atoms with Gasteiger partial charge in [0.2, 0.25) is 11.8 Å². The van der Waals surface area contributed by atoms with Crippen LogP contribution in [0.1, 0.15) is 20.8 Å². The Morgan fingerprint density at radius 3 is 2.36 bits per heavy atom. The zero-order chi connectivity index (χ0) is 10.8. The largest absolute Gasteiger partial charge is 0.483 e. The van der Waals surface area contributed by atoms with E-state index >= 15 is 0 Å². The number of rotatable bonds is 1. The third kappa shape index (κ3) is 1.74. The van der Waals surface area contributed by atoms with Gasteiger partial charge >= 0.3 is 0 Å². The van der Waals surface area contributed by atoms with Crippen molar-refractivity contribution in [3.8, 4) is 0 Å². The quantitative estimate of drug-likeness (QED) is 0.641. The molecule has 1 rings (SSSR count). The maximum atomic E-state index is 5.25. The number of hydrogen-bond acceptors (Lipinski definition) is 4. The van der Waals surface area contributed by atoms with Crippen molar-refractivity contribution in [2.45, 2.75) is 26.3 Å². The first-order valence-electron chi connectivity index (χ1n) is 4.76. The van der Waals surface area contributed by atoms with E-state index in [-0.39, 0.29) is 0 Å². The molecule has 4 heteroatoms. The lowest BCUT2D eigenvalue weighted by Crippen LogP contribution is -2.44.